The lowest BCUT2D eigenvalue weighted by atomic mass is 10.2. The lowest BCUT2D eigenvalue weighted by Gasteiger charge is -2.08. The van der Waals surface area contributed by atoms with Crippen molar-refractivity contribution in [1.29, 1.82) is 0 Å². The van der Waals surface area contributed by atoms with E-state index in [4.69, 9.17) is 10.8 Å². The Morgan fingerprint density at radius 3 is 2.93 bits per heavy atom. The van der Waals surface area contributed by atoms with E-state index in [2.05, 4.69) is 4.74 Å². The van der Waals surface area contributed by atoms with Crippen molar-refractivity contribution in [2.75, 3.05) is 12.3 Å². The number of nitrogen functional groups attached to an aromatic ring is 1. The Hall–Kier alpha value is -1.62. The van der Waals surface area contributed by atoms with Gasteiger partial charge < -0.3 is 15.6 Å². The zero-order chi connectivity index (χ0) is 11.4. The Balaban J connectivity index is 2.77. The molecule has 0 radical (unpaired) electrons. The summed E-state index contributed by atoms with van der Waals surface area (Å²) < 4.78 is 17.5. The average Bonchev–Trinajstić information content (AvgIpc) is 2.18. The Labute approximate surface area is 86.5 Å². The first-order chi connectivity index (χ1) is 7.00. The summed E-state index contributed by atoms with van der Waals surface area (Å²) in [5.41, 5.74) is 5.58. The molecule has 15 heavy (non-hydrogen) atoms. The van der Waals surface area contributed by atoms with Gasteiger partial charge in [-0.1, -0.05) is 0 Å². The lowest BCUT2D eigenvalue weighted by molar-refractivity contribution is 0.0297. The van der Waals surface area contributed by atoms with Crippen LogP contribution in [0.2, 0.25) is 0 Å². The van der Waals surface area contributed by atoms with Crippen molar-refractivity contribution < 1.29 is 19.0 Å². The maximum atomic E-state index is 12.8. The monoisotopic (exact) mass is 213 g/mol. The summed E-state index contributed by atoms with van der Waals surface area (Å²) in [5, 5.41) is 8.89. The fourth-order valence-corrected chi connectivity index (χ4v) is 0.979. The van der Waals surface area contributed by atoms with Crippen LogP contribution >= 0.6 is 0 Å². The van der Waals surface area contributed by atoms with Crippen molar-refractivity contribution >= 4 is 11.7 Å². The molecule has 0 fully saturated rings. The number of benzene rings is 1. The van der Waals surface area contributed by atoms with Gasteiger partial charge in [0.2, 0.25) is 0 Å². The SMILES string of the molecule is CC(O)COC(=O)c1cc(F)ccc1N. The molecule has 1 aromatic carbocycles. The Kier molecular flexibility index (Phi) is 3.62. The van der Waals surface area contributed by atoms with Crippen LogP contribution in [0.4, 0.5) is 10.1 Å². The number of rotatable bonds is 3. The number of hydrogen-bond donors (Lipinski definition) is 2. The van der Waals surface area contributed by atoms with Gasteiger partial charge in [-0.25, -0.2) is 9.18 Å². The molecular formula is C10H12FNO3. The largest absolute Gasteiger partial charge is 0.459 e. The van der Waals surface area contributed by atoms with Gasteiger partial charge in [0.25, 0.3) is 0 Å². The highest BCUT2D eigenvalue weighted by molar-refractivity contribution is 5.95. The van der Waals surface area contributed by atoms with Crippen LogP contribution in [-0.4, -0.2) is 23.8 Å². The van der Waals surface area contributed by atoms with Gasteiger partial charge in [0, 0.05) is 5.69 Å². The Morgan fingerprint density at radius 2 is 2.33 bits per heavy atom. The third-order valence-corrected chi connectivity index (χ3v) is 1.69. The zero-order valence-electron chi connectivity index (χ0n) is 8.24. The van der Waals surface area contributed by atoms with Crippen molar-refractivity contribution in [1.82, 2.24) is 0 Å². The van der Waals surface area contributed by atoms with Crippen LogP contribution < -0.4 is 5.73 Å². The normalized spacial score (nSPS) is 12.2. The Bertz CT molecular complexity index is 366. The van der Waals surface area contributed by atoms with Crippen LogP contribution in [0.5, 0.6) is 0 Å². The number of carbonyl (C=O) groups is 1. The molecule has 0 amide bonds. The second-order valence-electron chi connectivity index (χ2n) is 3.18. The second-order valence-corrected chi connectivity index (χ2v) is 3.18. The molecule has 0 aliphatic rings. The minimum Gasteiger partial charge on any atom is -0.459 e. The molecule has 5 heteroatoms. The number of halogens is 1. The van der Waals surface area contributed by atoms with Crippen molar-refractivity contribution in [2.24, 2.45) is 0 Å². The van der Waals surface area contributed by atoms with E-state index in [-0.39, 0.29) is 17.9 Å². The molecule has 1 atom stereocenters. The fraction of sp³-hybridized carbons (Fsp3) is 0.300. The van der Waals surface area contributed by atoms with E-state index in [0.717, 1.165) is 12.1 Å². The molecule has 82 valence electrons. The van der Waals surface area contributed by atoms with Crippen LogP contribution in [0.1, 0.15) is 17.3 Å². The van der Waals surface area contributed by atoms with Crippen molar-refractivity contribution in [3.05, 3.63) is 29.6 Å². The molecule has 4 nitrogen and oxygen atoms in total. The molecule has 0 spiro atoms. The molecular weight excluding hydrogens is 201 g/mol. The average molecular weight is 213 g/mol. The first kappa shape index (κ1) is 11.5. The summed E-state index contributed by atoms with van der Waals surface area (Å²) in [5.74, 6) is -1.30. The quantitative estimate of drug-likeness (QED) is 0.579. The minimum atomic E-state index is -0.760. The van der Waals surface area contributed by atoms with E-state index in [0.29, 0.717) is 0 Å². The molecule has 3 N–H and O–H groups in total. The summed E-state index contributed by atoms with van der Waals surface area (Å²) in [7, 11) is 0. The number of anilines is 1. The summed E-state index contributed by atoms with van der Waals surface area (Å²) in [6.07, 6.45) is -0.760. The highest BCUT2D eigenvalue weighted by Crippen LogP contribution is 2.14. The van der Waals surface area contributed by atoms with E-state index in [1.54, 1.807) is 0 Å². The van der Waals surface area contributed by atoms with Gasteiger partial charge >= 0.3 is 5.97 Å². The first-order valence-electron chi connectivity index (χ1n) is 4.41. The van der Waals surface area contributed by atoms with Crippen LogP contribution in [0, 0.1) is 5.82 Å². The van der Waals surface area contributed by atoms with Crippen LogP contribution in [0.25, 0.3) is 0 Å². The molecule has 0 bridgehead atoms. The summed E-state index contributed by atoms with van der Waals surface area (Å²) in [4.78, 5) is 11.3. The lowest BCUT2D eigenvalue weighted by Crippen LogP contribution is -2.16. The standard InChI is InChI=1S/C10H12FNO3/c1-6(13)5-15-10(14)8-4-7(11)2-3-9(8)12/h2-4,6,13H,5,12H2,1H3. The highest BCUT2D eigenvalue weighted by atomic mass is 19.1. The van der Waals surface area contributed by atoms with Crippen LogP contribution in [0.3, 0.4) is 0 Å². The van der Waals surface area contributed by atoms with Crippen molar-refractivity contribution in [2.45, 2.75) is 13.0 Å². The maximum absolute atomic E-state index is 12.8. The summed E-state index contributed by atoms with van der Waals surface area (Å²) in [6.45, 7) is 1.33. The van der Waals surface area contributed by atoms with Gasteiger partial charge in [0.05, 0.1) is 11.7 Å². The van der Waals surface area contributed by atoms with Gasteiger partial charge in [-0.2, -0.15) is 0 Å². The molecule has 1 aromatic rings. The minimum absolute atomic E-state index is 0.0318. The molecule has 0 aromatic heterocycles. The molecule has 0 heterocycles. The van der Waals surface area contributed by atoms with Gasteiger partial charge in [0.15, 0.2) is 0 Å². The number of esters is 1. The maximum Gasteiger partial charge on any atom is 0.340 e. The predicted molar refractivity (Wildman–Crippen MR) is 52.8 cm³/mol. The fourth-order valence-electron chi connectivity index (χ4n) is 0.979. The van der Waals surface area contributed by atoms with Gasteiger partial charge in [-0.3, -0.25) is 0 Å². The highest BCUT2D eigenvalue weighted by Gasteiger charge is 2.12. The number of ether oxygens (including phenoxy) is 1. The smallest absolute Gasteiger partial charge is 0.340 e. The van der Waals surface area contributed by atoms with Crippen LogP contribution in [0.15, 0.2) is 18.2 Å². The van der Waals surface area contributed by atoms with Crippen LogP contribution in [-0.2, 0) is 4.74 Å². The molecule has 0 saturated carbocycles. The number of hydrogen-bond acceptors (Lipinski definition) is 4. The van der Waals surface area contributed by atoms with E-state index in [1.807, 2.05) is 0 Å². The van der Waals surface area contributed by atoms with E-state index in [9.17, 15) is 9.18 Å². The molecule has 1 rings (SSSR count). The molecule has 0 aliphatic carbocycles. The number of aliphatic hydroxyl groups is 1. The van der Waals surface area contributed by atoms with E-state index in [1.165, 1.54) is 13.0 Å². The summed E-state index contributed by atoms with van der Waals surface area (Å²) in [6, 6.07) is 3.44. The number of carbonyl (C=O) groups excluding carboxylic acids is 1. The third-order valence-electron chi connectivity index (χ3n) is 1.69. The molecule has 0 saturated heterocycles. The Morgan fingerprint density at radius 1 is 1.67 bits per heavy atom. The van der Waals surface area contributed by atoms with Gasteiger partial charge in [-0.15, -0.1) is 0 Å². The second kappa shape index (κ2) is 4.75. The molecule has 0 aliphatic heterocycles. The number of nitrogens with two attached hydrogens (primary N) is 1. The van der Waals surface area contributed by atoms with Crippen molar-refractivity contribution in [3.63, 3.8) is 0 Å². The van der Waals surface area contributed by atoms with Gasteiger partial charge in [0.1, 0.15) is 12.4 Å². The zero-order valence-corrected chi connectivity index (χ0v) is 8.24. The topological polar surface area (TPSA) is 72.5 Å². The first-order valence-corrected chi connectivity index (χ1v) is 4.41. The summed E-state index contributed by atoms with van der Waals surface area (Å²) >= 11 is 0. The van der Waals surface area contributed by atoms with E-state index < -0.39 is 17.9 Å². The third kappa shape index (κ3) is 3.21. The van der Waals surface area contributed by atoms with Gasteiger partial charge in [-0.05, 0) is 25.1 Å². The van der Waals surface area contributed by atoms with E-state index >= 15 is 0 Å². The molecule has 1 unspecified atom stereocenters. The van der Waals surface area contributed by atoms with Crippen molar-refractivity contribution in [3.8, 4) is 0 Å². The predicted octanol–water partition coefficient (Wildman–Crippen LogP) is 0.946. The number of aliphatic hydroxyl groups excluding tert-OH is 1.